The first-order valence-corrected chi connectivity index (χ1v) is 9.41. The summed E-state index contributed by atoms with van der Waals surface area (Å²) >= 11 is 0. The molecule has 1 atom stereocenters. The first-order valence-electron chi connectivity index (χ1n) is 9.41. The molecule has 0 saturated carbocycles. The van der Waals surface area contributed by atoms with E-state index in [1.807, 2.05) is 54.6 Å². The van der Waals surface area contributed by atoms with Gasteiger partial charge in [-0.05, 0) is 28.3 Å². The van der Waals surface area contributed by atoms with Crippen LogP contribution < -0.4 is 11.1 Å². The second kappa shape index (κ2) is 9.01. The molecule has 1 amide bonds. The second-order valence-electron chi connectivity index (χ2n) is 6.89. The Morgan fingerprint density at radius 1 is 1.17 bits per heavy atom. The van der Waals surface area contributed by atoms with Crippen LogP contribution in [0.25, 0.3) is 0 Å². The molecule has 0 aromatic heterocycles. The van der Waals surface area contributed by atoms with E-state index in [1.165, 1.54) is 12.3 Å². The van der Waals surface area contributed by atoms with E-state index < -0.39 is 0 Å². The number of benzene rings is 2. The van der Waals surface area contributed by atoms with E-state index in [4.69, 9.17) is 16.6 Å². The maximum Gasteiger partial charge on any atom is 0.270 e. The van der Waals surface area contributed by atoms with Crippen molar-refractivity contribution in [2.24, 2.45) is 5.73 Å². The number of allylic oxidation sites excluding steroid dienone is 1. The topological polar surface area (TPSA) is 106 Å². The van der Waals surface area contributed by atoms with Gasteiger partial charge in [0.25, 0.3) is 5.91 Å². The highest BCUT2D eigenvalue weighted by Crippen LogP contribution is 2.33. The standard InChI is InChI=1S/C23H25N5O/c1-27-13-18(12-24)20-15-28(14-17-9-5-6-10-19(17)20)23(29)22(26)11-21(25)16-7-3-2-4-8-16/h2-13,20,24-25,27H,14-15,26H2,1H3/b18-13+,22-11-,24-12?,25-21?/t20-/m1/s1. The number of nitrogens with zero attached hydrogens (tertiary/aromatic N) is 1. The minimum atomic E-state index is -0.307. The van der Waals surface area contributed by atoms with Gasteiger partial charge in [0.1, 0.15) is 0 Å². The molecule has 1 aliphatic heterocycles. The summed E-state index contributed by atoms with van der Waals surface area (Å²) in [4.78, 5) is 14.7. The van der Waals surface area contributed by atoms with Gasteiger partial charge in [0, 0.05) is 38.5 Å². The fourth-order valence-corrected chi connectivity index (χ4v) is 3.56. The number of hydrogen-bond donors (Lipinski definition) is 4. The Morgan fingerprint density at radius 3 is 2.55 bits per heavy atom. The lowest BCUT2D eigenvalue weighted by Crippen LogP contribution is -2.41. The molecule has 1 aliphatic rings. The van der Waals surface area contributed by atoms with Crippen molar-refractivity contribution in [3.8, 4) is 0 Å². The summed E-state index contributed by atoms with van der Waals surface area (Å²) in [5, 5.41) is 19.0. The third-order valence-electron chi connectivity index (χ3n) is 4.99. The van der Waals surface area contributed by atoms with Crippen molar-refractivity contribution < 1.29 is 4.79 Å². The highest BCUT2D eigenvalue weighted by atomic mass is 16.2. The molecule has 0 radical (unpaired) electrons. The molecule has 2 aromatic rings. The van der Waals surface area contributed by atoms with Gasteiger partial charge >= 0.3 is 0 Å². The third kappa shape index (κ3) is 4.43. The van der Waals surface area contributed by atoms with Crippen LogP contribution in [0.1, 0.15) is 22.6 Å². The molecule has 6 nitrogen and oxygen atoms in total. The average molecular weight is 387 g/mol. The predicted octanol–water partition coefficient (Wildman–Crippen LogP) is 2.78. The molecule has 29 heavy (non-hydrogen) atoms. The largest absolute Gasteiger partial charge is 0.394 e. The molecule has 0 saturated heterocycles. The first-order chi connectivity index (χ1) is 14.0. The lowest BCUT2D eigenvalue weighted by molar-refractivity contribution is -0.128. The van der Waals surface area contributed by atoms with E-state index >= 15 is 0 Å². The van der Waals surface area contributed by atoms with Gasteiger partial charge in [-0.2, -0.15) is 0 Å². The van der Waals surface area contributed by atoms with Crippen LogP contribution in [0.3, 0.4) is 0 Å². The number of rotatable bonds is 6. The number of hydrogen-bond acceptors (Lipinski definition) is 5. The van der Waals surface area contributed by atoms with Gasteiger partial charge in [-0.25, -0.2) is 0 Å². The molecule has 0 bridgehead atoms. The molecule has 3 rings (SSSR count). The van der Waals surface area contributed by atoms with Crippen LogP contribution in [0.5, 0.6) is 0 Å². The fourth-order valence-electron chi connectivity index (χ4n) is 3.56. The highest BCUT2D eigenvalue weighted by molar-refractivity contribution is 6.10. The van der Waals surface area contributed by atoms with E-state index in [2.05, 4.69) is 5.32 Å². The Morgan fingerprint density at radius 2 is 1.86 bits per heavy atom. The maximum absolute atomic E-state index is 13.0. The molecule has 5 N–H and O–H groups in total. The molecule has 0 spiro atoms. The SMILES string of the molecule is CN/C=C(\C=N)[C@H]1CN(C(=O)/C(N)=C/C(=N)c2ccccc2)Cc2ccccc21. The summed E-state index contributed by atoms with van der Waals surface area (Å²) in [5.74, 6) is -0.422. The summed E-state index contributed by atoms with van der Waals surface area (Å²) in [6.45, 7) is 0.871. The van der Waals surface area contributed by atoms with Gasteiger partial charge in [0.05, 0.1) is 11.4 Å². The zero-order chi connectivity index (χ0) is 20.8. The molecule has 148 valence electrons. The summed E-state index contributed by atoms with van der Waals surface area (Å²) in [7, 11) is 1.79. The van der Waals surface area contributed by atoms with Crippen LogP contribution in [0, 0.1) is 10.8 Å². The van der Waals surface area contributed by atoms with E-state index in [-0.39, 0.29) is 23.2 Å². The van der Waals surface area contributed by atoms with Crippen molar-refractivity contribution in [2.75, 3.05) is 13.6 Å². The van der Waals surface area contributed by atoms with Crippen molar-refractivity contribution in [1.82, 2.24) is 10.2 Å². The Bertz CT molecular complexity index is 978. The van der Waals surface area contributed by atoms with E-state index in [1.54, 1.807) is 18.1 Å². The smallest absolute Gasteiger partial charge is 0.270 e. The number of nitrogens with two attached hydrogens (primary N) is 1. The van der Waals surface area contributed by atoms with Crippen LogP contribution in [0.4, 0.5) is 0 Å². The van der Waals surface area contributed by atoms with E-state index in [0.717, 1.165) is 16.7 Å². The van der Waals surface area contributed by atoms with Gasteiger partial charge in [0.2, 0.25) is 0 Å². The maximum atomic E-state index is 13.0. The zero-order valence-electron chi connectivity index (χ0n) is 16.4. The third-order valence-corrected chi connectivity index (χ3v) is 4.99. The Balaban J connectivity index is 1.88. The quantitative estimate of drug-likeness (QED) is 0.452. The number of nitrogens with one attached hydrogen (secondary N) is 3. The van der Waals surface area contributed by atoms with Crippen molar-refractivity contribution in [2.45, 2.75) is 12.5 Å². The van der Waals surface area contributed by atoms with Gasteiger partial charge in [-0.3, -0.25) is 4.79 Å². The molecule has 0 unspecified atom stereocenters. The first kappa shape index (κ1) is 20.1. The van der Waals surface area contributed by atoms with Gasteiger partial charge < -0.3 is 26.8 Å². The number of carbonyl (C=O) groups excluding carboxylic acids is 1. The van der Waals surface area contributed by atoms with Crippen LogP contribution in [0.15, 0.2) is 78.1 Å². The van der Waals surface area contributed by atoms with Crippen LogP contribution in [0.2, 0.25) is 0 Å². The van der Waals surface area contributed by atoms with Crippen LogP contribution in [-0.4, -0.2) is 36.3 Å². The Kier molecular flexibility index (Phi) is 6.24. The van der Waals surface area contributed by atoms with E-state index in [9.17, 15) is 4.79 Å². The summed E-state index contributed by atoms with van der Waals surface area (Å²) in [6.07, 6.45) is 4.51. The second-order valence-corrected chi connectivity index (χ2v) is 6.89. The van der Waals surface area contributed by atoms with Crippen molar-refractivity contribution >= 4 is 17.8 Å². The average Bonchev–Trinajstić information content (AvgIpc) is 2.76. The lowest BCUT2D eigenvalue weighted by atomic mass is 9.85. The fraction of sp³-hybridized carbons (Fsp3) is 0.174. The molecule has 0 aliphatic carbocycles. The number of amides is 1. The minimum absolute atomic E-state index is 0.0333. The zero-order valence-corrected chi connectivity index (χ0v) is 16.4. The van der Waals surface area contributed by atoms with Crippen molar-refractivity contribution in [1.29, 1.82) is 10.8 Å². The molecule has 6 heteroatoms. The van der Waals surface area contributed by atoms with Crippen molar-refractivity contribution in [3.05, 3.63) is 94.8 Å². The summed E-state index contributed by atoms with van der Waals surface area (Å²) in [5.41, 5.74) is 9.94. The molecular formula is C23H25N5O. The number of carbonyl (C=O) groups is 1. The minimum Gasteiger partial charge on any atom is -0.394 e. The molecular weight excluding hydrogens is 362 g/mol. The number of fused-ring (bicyclic) bond motifs is 1. The van der Waals surface area contributed by atoms with Crippen LogP contribution in [-0.2, 0) is 11.3 Å². The Hall–Kier alpha value is -3.67. The molecule has 1 heterocycles. The van der Waals surface area contributed by atoms with Gasteiger partial charge in [-0.15, -0.1) is 0 Å². The predicted molar refractivity (Wildman–Crippen MR) is 116 cm³/mol. The van der Waals surface area contributed by atoms with E-state index in [0.29, 0.717) is 18.7 Å². The van der Waals surface area contributed by atoms with Gasteiger partial charge in [-0.1, -0.05) is 54.6 Å². The summed E-state index contributed by atoms with van der Waals surface area (Å²) < 4.78 is 0. The summed E-state index contributed by atoms with van der Waals surface area (Å²) in [6, 6.07) is 17.1. The van der Waals surface area contributed by atoms with Crippen LogP contribution >= 0.6 is 0 Å². The monoisotopic (exact) mass is 387 g/mol. The Labute approximate surface area is 170 Å². The highest BCUT2D eigenvalue weighted by Gasteiger charge is 2.30. The van der Waals surface area contributed by atoms with Gasteiger partial charge in [0.15, 0.2) is 0 Å². The molecule has 0 fully saturated rings. The van der Waals surface area contributed by atoms with Crippen molar-refractivity contribution in [3.63, 3.8) is 0 Å². The normalized spacial score (nSPS) is 16.7. The molecule has 2 aromatic carbocycles. The lowest BCUT2D eigenvalue weighted by Gasteiger charge is -2.35.